The molecule has 6 nitrogen and oxygen atoms in total. The molecule has 0 spiro atoms. The second-order valence-corrected chi connectivity index (χ2v) is 3.62. The topological polar surface area (TPSA) is 77.7 Å². The number of nitrogen functional groups attached to an aromatic ring is 1. The van der Waals surface area contributed by atoms with Gasteiger partial charge in [-0.3, -0.25) is 9.69 Å². The number of hydrogen-bond acceptors (Lipinski definition) is 5. The molecule has 1 aliphatic rings. The summed E-state index contributed by atoms with van der Waals surface area (Å²) in [6.07, 6.45) is 1.51. The lowest BCUT2D eigenvalue weighted by atomic mass is 10.3. The standard InChI is InChI=1S/C11H15N3O3/c1-2-17-9-5-8(12)6-13-11(9)14-3-4-16-7-10(14)15/h5-6H,2-4,7,12H2,1H3. The van der Waals surface area contributed by atoms with Crippen molar-refractivity contribution in [1.29, 1.82) is 0 Å². The summed E-state index contributed by atoms with van der Waals surface area (Å²) in [5.74, 6) is 0.923. The minimum absolute atomic E-state index is 0.0810. The summed E-state index contributed by atoms with van der Waals surface area (Å²) in [6, 6.07) is 1.68. The molecule has 17 heavy (non-hydrogen) atoms. The van der Waals surface area contributed by atoms with E-state index < -0.39 is 0 Å². The Morgan fingerprint density at radius 3 is 3.18 bits per heavy atom. The number of carbonyl (C=O) groups is 1. The van der Waals surface area contributed by atoms with Gasteiger partial charge in [0.15, 0.2) is 11.6 Å². The molecule has 6 heteroatoms. The zero-order valence-electron chi connectivity index (χ0n) is 9.68. The summed E-state index contributed by atoms with van der Waals surface area (Å²) in [5, 5.41) is 0. The predicted molar refractivity (Wildman–Crippen MR) is 63.0 cm³/mol. The predicted octanol–water partition coefficient (Wildman–Crippen LogP) is 0.426. The van der Waals surface area contributed by atoms with Crippen LogP contribution in [0.5, 0.6) is 5.75 Å². The van der Waals surface area contributed by atoms with Gasteiger partial charge in [-0.05, 0) is 6.92 Å². The Hall–Kier alpha value is -1.82. The number of pyridine rings is 1. The van der Waals surface area contributed by atoms with Crippen LogP contribution in [-0.2, 0) is 9.53 Å². The number of hydrogen-bond donors (Lipinski definition) is 1. The summed E-state index contributed by atoms with van der Waals surface area (Å²) in [4.78, 5) is 17.4. The van der Waals surface area contributed by atoms with Crippen molar-refractivity contribution in [3.8, 4) is 5.75 Å². The van der Waals surface area contributed by atoms with Crippen LogP contribution in [-0.4, -0.2) is 37.3 Å². The quantitative estimate of drug-likeness (QED) is 0.824. The van der Waals surface area contributed by atoms with Gasteiger partial charge in [-0.2, -0.15) is 0 Å². The average Bonchev–Trinajstić information content (AvgIpc) is 2.31. The lowest BCUT2D eigenvalue weighted by Crippen LogP contribution is -2.42. The number of amides is 1. The maximum atomic E-state index is 11.7. The number of morpholine rings is 1. The van der Waals surface area contributed by atoms with Crippen LogP contribution in [0.2, 0.25) is 0 Å². The van der Waals surface area contributed by atoms with E-state index in [9.17, 15) is 4.79 Å². The highest BCUT2D eigenvalue weighted by atomic mass is 16.5. The molecule has 0 atom stereocenters. The van der Waals surface area contributed by atoms with E-state index in [2.05, 4.69) is 4.98 Å². The number of aromatic nitrogens is 1. The number of carbonyl (C=O) groups excluding carboxylic acids is 1. The second-order valence-electron chi connectivity index (χ2n) is 3.62. The van der Waals surface area contributed by atoms with Gasteiger partial charge in [0.2, 0.25) is 0 Å². The SMILES string of the molecule is CCOc1cc(N)cnc1N1CCOCC1=O. The molecule has 2 rings (SSSR count). The molecule has 1 fully saturated rings. The van der Waals surface area contributed by atoms with Gasteiger partial charge >= 0.3 is 0 Å². The van der Waals surface area contributed by atoms with Crippen molar-refractivity contribution in [3.63, 3.8) is 0 Å². The Morgan fingerprint density at radius 2 is 2.47 bits per heavy atom. The molecule has 1 aromatic rings. The lowest BCUT2D eigenvalue weighted by molar-refractivity contribution is -0.125. The first-order valence-electron chi connectivity index (χ1n) is 5.48. The summed E-state index contributed by atoms with van der Waals surface area (Å²) < 4.78 is 10.5. The third-order valence-corrected chi connectivity index (χ3v) is 2.40. The lowest BCUT2D eigenvalue weighted by Gasteiger charge is -2.27. The minimum Gasteiger partial charge on any atom is -0.490 e. The first kappa shape index (κ1) is 11.7. The van der Waals surface area contributed by atoms with E-state index in [0.717, 1.165) is 0 Å². The number of nitrogens with two attached hydrogens (primary N) is 1. The van der Waals surface area contributed by atoms with Crippen LogP contribution in [0.1, 0.15) is 6.92 Å². The van der Waals surface area contributed by atoms with Gasteiger partial charge < -0.3 is 15.2 Å². The van der Waals surface area contributed by atoms with Crippen molar-refractivity contribution in [2.24, 2.45) is 0 Å². The fraction of sp³-hybridized carbons (Fsp3) is 0.455. The Labute approximate surface area is 99.3 Å². The van der Waals surface area contributed by atoms with E-state index in [-0.39, 0.29) is 12.5 Å². The van der Waals surface area contributed by atoms with Crippen LogP contribution in [0.3, 0.4) is 0 Å². The molecular weight excluding hydrogens is 222 g/mol. The Kier molecular flexibility index (Phi) is 3.43. The fourth-order valence-electron chi connectivity index (χ4n) is 1.66. The first-order chi connectivity index (χ1) is 8.22. The van der Waals surface area contributed by atoms with Crippen molar-refractivity contribution in [2.75, 3.05) is 37.0 Å². The minimum atomic E-state index is -0.116. The number of rotatable bonds is 3. The smallest absolute Gasteiger partial charge is 0.254 e. The van der Waals surface area contributed by atoms with Crippen LogP contribution in [0.25, 0.3) is 0 Å². The molecule has 2 N–H and O–H groups in total. The van der Waals surface area contributed by atoms with E-state index in [0.29, 0.717) is 37.0 Å². The van der Waals surface area contributed by atoms with Gasteiger partial charge in [0.25, 0.3) is 5.91 Å². The van der Waals surface area contributed by atoms with Crippen LogP contribution >= 0.6 is 0 Å². The summed E-state index contributed by atoms with van der Waals surface area (Å²) in [7, 11) is 0. The first-order valence-corrected chi connectivity index (χ1v) is 5.48. The molecule has 0 aromatic carbocycles. The molecule has 0 unspecified atom stereocenters. The number of nitrogens with zero attached hydrogens (tertiary/aromatic N) is 2. The Balaban J connectivity index is 2.32. The normalized spacial score (nSPS) is 16.1. The van der Waals surface area contributed by atoms with Crippen molar-refractivity contribution in [1.82, 2.24) is 4.98 Å². The largest absolute Gasteiger partial charge is 0.490 e. The van der Waals surface area contributed by atoms with Gasteiger partial charge in [0, 0.05) is 6.07 Å². The maximum Gasteiger partial charge on any atom is 0.254 e. The molecule has 0 aliphatic carbocycles. The highest BCUT2D eigenvalue weighted by Crippen LogP contribution is 2.28. The van der Waals surface area contributed by atoms with E-state index >= 15 is 0 Å². The average molecular weight is 237 g/mol. The Bertz CT molecular complexity index is 422. The second kappa shape index (κ2) is 5.01. The van der Waals surface area contributed by atoms with E-state index in [4.69, 9.17) is 15.2 Å². The van der Waals surface area contributed by atoms with Crippen molar-refractivity contribution >= 4 is 17.4 Å². The molecule has 1 amide bonds. The molecule has 2 heterocycles. The van der Waals surface area contributed by atoms with Crippen molar-refractivity contribution < 1.29 is 14.3 Å². The summed E-state index contributed by atoms with van der Waals surface area (Å²) >= 11 is 0. The maximum absolute atomic E-state index is 11.7. The molecule has 0 radical (unpaired) electrons. The van der Waals surface area contributed by atoms with Gasteiger partial charge in [-0.1, -0.05) is 0 Å². The molecule has 1 aromatic heterocycles. The fourth-order valence-corrected chi connectivity index (χ4v) is 1.66. The Morgan fingerprint density at radius 1 is 1.65 bits per heavy atom. The zero-order chi connectivity index (χ0) is 12.3. The van der Waals surface area contributed by atoms with E-state index in [1.165, 1.54) is 6.20 Å². The molecule has 1 saturated heterocycles. The highest BCUT2D eigenvalue weighted by molar-refractivity contribution is 5.95. The number of anilines is 2. The van der Waals surface area contributed by atoms with Gasteiger partial charge in [-0.25, -0.2) is 4.98 Å². The third-order valence-electron chi connectivity index (χ3n) is 2.40. The van der Waals surface area contributed by atoms with Crippen LogP contribution in [0, 0.1) is 0 Å². The molecule has 92 valence electrons. The van der Waals surface area contributed by atoms with Crippen LogP contribution < -0.4 is 15.4 Å². The zero-order valence-corrected chi connectivity index (χ0v) is 9.68. The van der Waals surface area contributed by atoms with Gasteiger partial charge in [0.1, 0.15) is 6.61 Å². The molecule has 1 aliphatic heterocycles. The van der Waals surface area contributed by atoms with Crippen molar-refractivity contribution in [3.05, 3.63) is 12.3 Å². The number of ether oxygens (including phenoxy) is 2. The highest BCUT2D eigenvalue weighted by Gasteiger charge is 2.24. The van der Waals surface area contributed by atoms with Gasteiger partial charge in [-0.15, -0.1) is 0 Å². The monoisotopic (exact) mass is 237 g/mol. The van der Waals surface area contributed by atoms with E-state index in [1.807, 2.05) is 6.92 Å². The molecule has 0 saturated carbocycles. The van der Waals surface area contributed by atoms with Crippen LogP contribution in [0.4, 0.5) is 11.5 Å². The molecular formula is C11H15N3O3. The van der Waals surface area contributed by atoms with Crippen LogP contribution in [0.15, 0.2) is 12.3 Å². The third kappa shape index (κ3) is 2.47. The van der Waals surface area contributed by atoms with Crippen molar-refractivity contribution in [2.45, 2.75) is 6.92 Å². The van der Waals surface area contributed by atoms with E-state index in [1.54, 1.807) is 11.0 Å². The summed E-state index contributed by atoms with van der Waals surface area (Å²) in [6.45, 7) is 3.43. The van der Waals surface area contributed by atoms with Gasteiger partial charge in [0.05, 0.1) is 31.6 Å². The molecule has 0 bridgehead atoms. The summed E-state index contributed by atoms with van der Waals surface area (Å²) in [5.41, 5.74) is 6.16.